The van der Waals surface area contributed by atoms with Gasteiger partial charge in [-0.3, -0.25) is 9.59 Å². The lowest BCUT2D eigenvalue weighted by atomic mass is 10.0. The van der Waals surface area contributed by atoms with Crippen LogP contribution in [0.25, 0.3) is 22.0 Å². The number of nitrogens with zero attached hydrogens (tertiary/aromatic N) is 3. The monoisotopic (exact) mass is 411 g/mol. The summed E-state index contributed by atoms with van der Waals surface area (Å²) in [6.07, 6.45) is 0.420. The van der Waals surface area contributed by atoms with Crippen molar-refractivity contribution < 1.29 is 13.2 Å². The molecule has 0 unspecified atom stereocenters. The highest BCUT2D eigenvalue weighted by Crippen LogP contribution is 2.26. The maximum Gasteiger partial charge on any atom is 0.267 e. The third kappa shape index (κ3) is 3.93. The van der Waals surface area contributed by atoms with Crippen LogP contribution in [0.3, 0.4) is 0 Å². The number of fused-ring (bicyclic) bond motifs is 1. The highest BCUT2D eigenvalue weighted by Gasteiger charge is 2.32. The Kier molecular flexibility index (Phi) is 4.96. The Morgan fingerprint density at radius 1 is 1.14 bits per heavy atom. The molecule has 150 valence electrons. The SMILES string of the molecule is CN(C(=O)Cn1nc(-c2cccc3ccccc23)ccc1=O)[C@H]1CCS(=O)(=O)C1. The fourth-order valence-corrected chi connectivity index (χ4v) is 5.45. The minimum absolute atomic E-state index is 0.0341. The summed E-state index contributed by atoms with van der Waals surface area (Å²) >= 11 is 0. The van der Waals surface area contributed by atoms with Gasteiger partial charge in [0, 0.05) is 24.7 Å². The zero-order valence-electron chi connectivity index (χ0n) is 16.0. The number of hydrogen-bond acceptors (Lipinski definition) is 5. The quantitative estimate of drug-likeness (QED) is 0.652. The molecule has 0 radical (unpaired) electrons. The molecule has 7 nitrogen and oxygen atoms in total. The predicted molar refractivity (Wildman–Crippen MR) is 111 cm³/mol. The van der Waals surface area contributed by atoms with E-state index in [-0.39, 0.29) is 35.6 Å². The maximum atomic E-state index is 12.7. The van der Waals surface area contributed by atoms with Crippen LogP contribution in [0, 0.1) is 0 Å². The van der Waals surface area contributed by atoms with E-state index < -0.39 is 9.84 Å². The second kappa shape index (κ2) is 7.44. The fourth-order valence-electron chi connectivity index (χ4n) is 3.68. The Labute approximate surface area is 168 Å². The average Bonchev–Trinajstić information content (AvgIpc) is 3.08. The van der Waals surface area contributed by atoms with Crippen molar-refractivity contribution in [3.8, 4) is 11.3 Å². The average molecular weight is 411 g/mol. The van der Waals surface area contributed by atoms with Crippen LogP contribution >= 0.6 is 0 Å². The van der Waals surface area contributed by atoms with Crippen molar-refractivity contribution in [3.05, 3.63) is 65.0 Å². The number of carbonyl (C=O) groups is 1. The Morgan fingerprint density at radius 3 is 2.66 bits per heavy atom. The Morgan fingerprint density at radius 2 is 1.90 bits per heavy atom. The molecule has 0 saturated carbocycles. The summed E-state index contributed by atoms with van der Waals surface area (Å²) in [5.41, 5.74) is 1.09. The van der Waals surface area contributed by atoms with E-state index in [0.717, 1.165) is 21.0 Å². The molecule has 4 rings (SSSR count). The highest BCUT2D eigenvalue weighted by atomic mass is 32.2. The van der Waals surface area contributed by atoms with Crippen LogP contribution in [0.4, 0.5) is 0 Å². The predicted octanol–water partition coefficient (Wildman–Crippen LogP) is 1.71. The van der Waals surface area contributed by atoms with Gasteiger partial charge in [-0.2, -0.15) is 5.10 Å². The Bertz CT molecular complexity index is 1240. The summed E-state index contributed by atoms with van der Waals surface area (Å²) in [5.74, 6) is -0.283. The minimum atomic E-state index is -3.10. The van der Waals surface area contributed by atoms with Crippen molar-refractivity contribution >= 4 is 26.5 Å². The lowest BCUT2D eigenvalue weighted by Gasteiger charge is -2.23. The molecular formula is C21H21N3O4S. The van der Waals surface area contributed by atoms with Gasteiger partial charge in [-0.1, -0.05) is 42.5 Å². The lowest BCUT2D eigenvalue weighted by molar-refractivity contribution is -0.132. The third-order valence-electron chi connectivity index (χ3n) is 5.37. The topological polar surface area (TPSA) is 89.3 Å². The number of likely N-dealkylation sites (N-methyl/N-ethyl adjacent to an activating group) is 1. The highest BCUT2D eigenvalue weighted by molar-refractivity contribution is 7.91. The molecule has 2 heterocycles. The molecule has 1 aliphatic rings. The summed E-state index contributed by atoms with van der Waals surface area (Å²) < 4.78 is 24.5. The number of benzene rings is 2. The van der Waals surface area contributed by atoms with Gasteiger partial charge in [-0.25, -0.2) is 13.1 Å². The summed E-state index contributed by atoms with van der Waals surface area (Å²) in [6.45, 7) is -0.232. The summed E-state index contributed by atoms with van der Waals surface area (Å²) in [6, 6.07) is 16.4. The molecule has 29 heavy (non-hydrogen) atoms. The maximum absolute atomic E-state index is 12.7. The van der Waals surface area contributed by atoms with Crippen LogP contribution < -0.4 is 5.56 Å². The molecule has 0 N–H and O–H groups in total. The van der Waals surface area contributed by atoms with E-state index in [2.05, 4.69) is 5.10 Å². The van der Waals surface area contributed by atoms with Gasteiger partial charge in [-0.05, 0) is 23.3 Å². The lowest BCUT2D eigenvalue weighted by Crippen LogP contribution is -2.41. The summed E-state index contributed by atoms with van der Waals surface area (Å²) in [7, 11) is -1.52. The van der Waals surface area contributed by atoms with Crippen molar-refractivity contribution in [2.75, 3.05) is 18.6 Å². The number of sulfone groups is 1. The van der Waals surface area contributed by atoms with E-state index in [0.29, 0.717) is 12.1 Å². The molecule has 1 aliphatic heterocycles. The van der Waals surface area contributed by atoms with Crippen molar-refractivity contribution in [3.63, 3.8) is 0 Å². The van der Waals surface area contributed by atoms with E-state index in [4.69, 9.17) is 0 Å². The van der Waals surface area contributed by atoms with Crippen LogP contribution in [0.15, 0.2) is 59.4 Å². The van der Waals surface area contributed by atoms with Crippen molar-refractivity contribution in [2.24, 2.45) is 0 Å². The smallest absolute Gasteiger partial charge is 0.267 e. The minimum Gasteiger partial charge on any atom is -0.340 e. The molecule has 1 aromatic heterocycles. The second-order valence-electron chi connectivity index (χ2n) is 7.30. The van der Waals surface area contributed by atoms with Gasteiger partial charge in [0.25, 0.3) is 5.56 Å². The second-order valence-corrected chi connectivity index (χ2v) is 9.53. The van der Waals surface area contributed by atoms with E-state index in [1.165, 1.54) is 11.0 Å². The molecular weight excluding hydrogens is 390 g/mol. The van der Waals surface area contributed by atoms with E-state index in [1.807, 2.05) is 42.5 Å². The number of carbonyl (C=O) groups excluding carboxylic acids is 1. The summed E-state index contributed by atoms with van der Waals surface area (Å²) in [5, 5.41) is 6.47. The number of aromatic nitrogens is 2. The third-order valence-corrected chi connectivity index (χ3v) is 7.12. The molecule has 0 spiro atoms. The van der Waals surface area contributed by atoms with Gasteiger partial charge in [0.1, 0.15) is 6.54 Å². The van der Waals surface area contributed by atoms with Gasteiger partial charge in [-0.15, -0.1) is 0 Å². The summed E-state index contributed by atoms with van der Waals surface area (Å²) in [4.78, 5) is 26.4. The Balaban J connectivity index is 1.62. The molecule has 1 amide bonds. The standard InChI is InChI=1S/C21H21N3O4S/c1-23(16-11-12-29(27,28)14-16)21(26)13-24-20(25)10-9-19(22-24)18-8-4-6-15-5-2-3-7-17(15)18/h2-10,16H,11-14H2,1H3/t16-/m0/s1. The van der Waals surface area contributed by atoms with E-state index >= 15 is 0 Å². The number of rotatable bonds is 4. The number of amides is 1. The van der Waals surface area contributed by atoms with Gasteiger partial charge in [0.05, 0.1) is 17.2 Å². The van der Waals surface area contributed by atoms with Crippen LogP contribution in [0.2, 0.25) is 0 Å². The van der Waals surface area contributed by atoms with E-state index in [1.54, 1.807) is 13.1 Å². The number of hydrogen-bond donors (Lipinski definition) is 0. The normalized spacial score (nSPS) is 18.0. The van der Waals surface area contributed by atoms with Crippen molar-refractivity contribution in [2.45, 2.75) is 19.0 Å². The van der Waals surface area contributed by atoms with Crippen LogP contribution in [0.1, 0.15) is 6.42 Å². The van der Waals surface area contributed by atoms with Crippen LogP contribution in [-0.2, 0) is 21.2 Å². The van der Waals surface area contributed by atoms with Gasteiger partial charge in [0.15, 0.2) is 9.84 Å². The van der Waals surface area contributed by atoms with Crippen LogP contribution in [-0.4, -0.2) is 53.6 Å². The fraction of sp³-hybridized carbons (Fsp3) is 0.286. The molecule has 8 heteroatoms. The zero-order chi connectivity index (χ0) is 20.6. The molecule has 1 atom stereocenters. The first-order valence-electron chi connectivity index (χ1n) is 9.36. The first-order valence-corrected chi connectivity index (χ1v) is 11.2. The zero-order valence-corrected chi connectivity index (χ0v) is 16.8. The van der Waals surface area contributed by atoms with E-state index in [9.17, 15) is 18.0 Å². The van der Waals surface area contributed by atoms with Crippen molar-refractivity contribution in [1.82, 2.24) is 14.7 Å². The van der Waals surface area contributed by atoms with Crippen molar-refractivity contribution in [1.29, 1.82) is 0 Å². The molecule has 3 aromatic rings. The molecule has 0 bridgehead atoms. The molecule has 1 saturated heterocycles. The first kappa shape index (κ1) is 19.3. The van der Waals surface area contributed by atoms with Crippen LogP contribution in [0.5, 0.6) is 0 Å². The van der Waals surface area contributed by atoms with Gasteiger partial charge in [0.2, 0.25) is 5.91 Å². The molecule has 0 aliphatic carbocycles. The molecule has 2 aromatic carbocycles. The largest absolute Gasteiger partial charge is 0.340 e. The molecule has 1 fully saturated rings. The van der Waals surface area contributed by atoms with Gasteiger partial charge >= 0.3 is 0 Å². The first-order chi connectivity index (χ1) is 13.8. The Hall–Kier alpha value is -3.00. The van der Waals surface area contributed by atoms with Gasteiger partial charge < -0.3 is 4.90 Å².